The molecule has 7 N–H and O–H groups in total. The minimum absolute atomic E-state index is 0.00964. The lowest BCUT2D eigenvalue weighted by Gasteiger charge is -2.62. The third kappa shape index (κ3) is 4.58. The normalized spacial score (nSPS) is 37.6. The second-order valence-electron chi connectivity index (χ2n) is 13.0. The number of carbonyl (C=O) groups is 5. The van der Waals surface area contributed by atoms with Gasteiger partial charge in [-0.3, -0.25) is 24.0 Å². The van der Waals surface area contributed by atoms with Crippen molar-refractivity contribution in [2.45, 2.75) is 90.6 Å². The number of Topliss-reactive ketones (excluding diaryl/α,β-unsaturated/α-hetero) is 2. The summed E-state index contributed by atoms with van der Waals surface area (Å²) in [7, 11) is 0. The van der Waals surface area contributed by atoms with Crippen LogP contribution in [0.2, 0.25) is 0 Å². The minimum atomic E-state index is -1.61. The minimum Gasteiger partial charge on any atom is -0.504 e. The number of carbonyl (C=O) groups excluding carboxylic acids is 2. The van der Waals surface area contributed by atoms with Gasteiger partial charge in [-0.25, -0.2) is 0 Å². The fourth-order valence-electron chi connectivity index (χ4n) is 9.54. The molecule has 42 heavy (non-hydrogen) atoms. The van der Waals surface area contributed by atoms with Crippen LogP contribution in [0.4, 0.5) is 0 Å². The van der Waals surface area contributed by atoms with Crippen molar-refractivity contribution in [2.24, 2.45) is 39.9 Å². The van der Waals surface area contributed by atoms with E-state index >= 15 is 0 Å². The van der Waals surface area contributed by atoms with Crippen molar-refractivity contribution in [2.75, 3.05) is 0 Å². The molecule has 4 rings (SSSR count). The number of rotatable bonds is 11. The van der Waals surface area contributed by atoms with Crippen LogP contribution < -0.4 is 0 Å². The van der Waals surface area contributed by atoms with E-state index in [0.717, 1.165) is 0 Å². The van der Waals surface area contributed by atoms with Crippen molar-refractivity contribution in [3.8, 4) is 0 Å². The zero-order valence-electron chi connectivity index (χ0n) is 23.8. The Hall–Kier alpha value is -3.41. The maximum absolute atomic E-state index is 14.1. The van der Waals surface area contributed by atoms with Crippen molar-refractivity contribution in [3.63, 3.8) is 0 Å². The molecule has 0 spiro atoms. The third-order valence-corrected chi connectivity index (χ3v) is 11.4. The fraction of sp³-hybridized carbons (Fsp3) is 0.700. The first-order valence-electron chi connectivity index (χ1n) is 14.5. The molecular formula is C30H40O12. The highest BCUT2D eigenvalue weighted by Crippen LogP contribution is 2.73. The molecule has 232 valence electrons. The predicted molar refractivity (Wildman–Crippen MR) is 144 cm³/mol. The zero-order valence-corrected chi connectivity index (χ0v) is 23.8. The van der Waals surface area contributed by atoms with E-state index < -0.39 is 81.1 Å². The van der Waals surface area contributed by atoms with E-state index in [1.165, 1.54) is 6.92 Å². The Morgan fingerprint density at radius 3 is 2.02 bits per heavy atom. The molecule has 0 bridgehead atoms. The van der Waals surface area contributed by atoms with Crippen molar-refractivity contribution in [1.82, 2.24) is 0 Å². The smallest absolute Gasteiger partial charge is 0.303 e. The van der Waals surface area contributed by atoms with Gasteiger partial charge < -0.3 is 35.7 Å². The van der Waals surface area contributed by atoms with E-state index in [2.05, 4.69) is 0 Å². The van der Waals surface area contributed by atoms with Gasteiger partial charge in [-0.05, 0) is 81.0 Å². The van der Waals surface area contributed by atoms with Crippen LogP contribution >= 0.6 is 0 Å². The zero-order chi connectivity index (χ0) is 31.4. The van der Waals surface area contributed by atoms with E-state index in [4.69, 9.17) is 5.11 Å². The van der Waals surface area contributed by atoms with Gasteiger partial charge in [0, 0.05) is 36.7 Å². The Bertz CT molecular complexity index is 1260. The summed E-state index contributed by atoms with van der Waals surface area (Å²) in [6, 6.07) is 0. The van der Waals surface area contributed by atoms with Crippen LogP contribution in [-0.4, -0.2) is 71.3 Å². The third-order valence-electron chi connectivity index (χ3n) is 11.4. The van der Waals surface area contributed by atoms with E-state index in [1.807, 2.05) is 6.92 Å². The summed E-state index contributed by atoms with van der Waals surface area (Å²) in [6.45, 7) is 3.39. The highest BCUT2D eigenvalue weighted by Gasteiger charge is 2.71. The summed E-state index contributed by atoms with van der Waals surface area (Å²) in [6.07, 6.45) is -1.05. The molecule has 0 aliphatic heterocycles. The average Bonchev–Trinajstić information content (AvgIpc) is 3.22. The van der Waals surface area contributed by atoms with Gasteiger partial charge in [0.25, 0.3) is 0 Å². The molecular weight excluding hydrogens is 552 g/mol. The number of fused-ring (bicyclic) bond motifs is 5. The van der Waals surface area contributed by atoms with Crippen LogP contribution in [0.5, 0.6) is 0 Å². The molecule has 3 fully saturated rings. The maximum atomic E-state index is 14.1. The Morgan fingerprint density at radius 2 is 1.43 bits per heavy atom. The summed E-state index contributed by atoms with van der Waals surface area (Å²) >= 11 is 0. The highest BCUT2D eigenvalue weighted by molar-refractivity contribution is 6.03. The van der Waals surface area contributed by atoms with Crippen LogP contribution in [0.1, 0.15) is 84.5 Å². The van der Waals surface area contributed by atoms with Crippen LogP contribution in [0.15, 0.2) is 22.9 Å². The number of ketones is 2. The highest BCUT2D eigenvalue weighted by atomic mass is 16.4. The molecule has 0 aromatic carbocycles. The van der Waals surface area contributed by atoms with Gasteiger partial charge in [0.2, 0.25) is 17.3 Å². The first-order chi connectivity index (χ1) is 19.5. The lowest BCUT2D eigenvalue weighted by atomic mass is 9.40. The Labute approximate surface area is 242 Å². The number of carboxylic acid groups (broad SMARTS) is 3. The molecule has 12 nitrogen and oxygen atoms in total. The van der Waals surface area contributed by atoms with Gasteiger partial charge >= 0.3 is 17.9 Å². The van der Waals surface area contributed by atoms with E-state index in [9.17, 15) is 54.6 Å². The SMILES string of the molecule is C[C@]12C(=O)C(O)=C(O)C(O)=C1C(O)C[C@@H]1[C@@H]2CC(CCC(=O)O)[C@@]2(C)[C@H]1CC[C@]2(CCC(=O)O)C(=O)CCCC(=O)O. The molecule has 3 saturated carbocycles. The number of aliphatic carboxylic acids is 3. The van der Waals surface area contributed by atoms with Crippen molar-refractivity contribution in [1.29, 1.82) is 0 Å². The summed E-state index contributed by atoms with van der Waals surface area (Å²) < 4.78 is 0. The number of allylic oxidation sites excluding steroid dienone is 1. The molecule has 0 aromatic rings. The summed E-state index contributed by atoms with van der Waals surface area (Å²) in [5.41, 5.74) is -3.83. The van der Waals surface area contributed by atoms with E-state index in [-0.39, 0.29) is 75.1 Å². The predicted octanol–water partition coefficient (Wildman–Crippen LogP) is 3.69. The van der Waals surface area contributed by atoms with Crippen LogP contribution in [0, 0.1) is 39.9 Å². The van der Waals surface area contributed by atoms with Gasteiger partial charge in [0.15, 0.2) is 5.76 Å². The number of aliphatic hydroxyl groups excluding tert-OH is 4. The largest absolute Gasteiger partial charge is 0.504 e. The van der Waals surface area contributed by atoms with Crippen LogP contribution in [0.3, 0.4) is 0 Å². The monoisotopic (exact) mass is 592 g/mol. The first-order valence-corrected chi connectivity index (χ1v) is 14.5. The average molecular weight is 593 g/mol. The molecule has 4 aliphatic carbocycles. The molecule has 12 heteroatoms. The molecule has 4 aliphatic rings. The Kier molecular flexibility index (Phi) is 8.27. The van der Waals surface area contributed by atoms with Gasteiger partial charge in [-0.15, -0.1) is 0 Å². The van der Waals surface area contributed by atoms with Crippen LogP contribution in [-0.2, 0) is 24.0 Å². The molecule has 0 saturated heterocycles. The Balaban J connectivity index is 1.85. The topological polar surface area (TPSA) is 227 Å². The van der Waals surface area contributed by atoms with Gasteiger partial charge in [-0.2, -0.15) is 0 Å². The maximum Gasteiger partial charge on any atom is 0.303 e. The molecule has 0 amide bonds. The molecule has 8 atom stereocenters. The van der Waals surface area contributed by atoms with E-state index in [0.29, 0.717) is 12.8 Å². The van der Waals surface area contributed by atoms with Gasteiger partial charge in [0.1, 0.15) is 5.78 Å². The van der Waals surface area contributed by atoms with Crippen molar-refractivity contribution in [3.05, 3.63) is 22.9 Å². The Morgan fingerprint density at radius 1 is 0.810 bits per heavy atom. The first kappa shape index (κ1) is 31.5. The van der Waals surface area contributed by atoms with Crippen molar-refractivity contribution < 1.29 is 59.7 Å². The van der Waals surface area contributed by atoms with Crippen LogP contribution in [0.25, 0.3) is 0 Å². The lowest BCUT2D eigenvalue weighted by molar-refractivity contribution is -0.167. The second-order valence-corrected chi connectivity index (χ2v) is 13.0. The number of aliphatic hydroxyl groups is 4. The standard InChI is InChI=1S/C30H40O12/c1-28-17-12-14(6-7-21(35)36)29(2)16(15(17)13-18(31)23(28)24(39)25(40)26(41)27(28)42)8-10-30(29,11-9-22(37)38)19(32)4-3-5-20(33)34/h14-18,31,39-41H,3-13H2,1-2H3,(H,33,34)(H,35,36)(H,37,38)/t14?,15-,16-,17-,18?,28+,29-,30-/m0/s1. The van der Waals surface area contributed by atoms with Crippen molar-refractivity contribution >= 4 is 29.5 Å². The molecule has 0 heterocycles. The van der Waals surface area contributed by atoms with Gasteiger partial charge in [0.05, 0.1) is 11.5 Å². The summed E-state index contributed by atoms with van der Waals surface area (Å²) in [4.78, 5) is 62.3. The van der Waals surface area contributed by atoms with E-state index in [1.54, 1.807) is 0 Å². The number of hydrogen-bond acceptors (Lipinski definition) is 9. The fourth-order valence-corrected chi connectivity index (χ4v) is 9.54. The second kappa shape index (κ2) is 11.0. The van der Waals surface area contributed by atoms with Gasteiger partial charge in [-0.1, -0.05) is 6.92 Å². The molecule has 0 radical (unpaired) electrons. The molecule has 2 unspecified atom stereocenters. The molecule has 0 aromatic heterocycles. The number of hydrogen-bond donors (Lipinski definition) is 7. The quantitative estimate of drug-likeness (QED) is 0.182. The summed E-state index contributed by atoms with van der Waals surface area (Å²) in [5, 5.41) is 71.0. The number of carboxylic acids is 3. The summed E-state index contributed by atoms with van der Waals surface area (Å²) in [5.74, 6) is -8.97. The lowest BCUT2D eigenvalue weighted by Crippen LogP contribution is -2.62.